The number of methoxy groups -OCH3 is 1. The SMILES string of the molecule is CCCCCCCCCCCCCCCCOC[C@H](COP(=O)(O)OC[C@@H](O)[C@@H](O)[C@@](C#N)(OC)C1=CCC2(C)C(N)=NC=NN12)OCc1cccc(C#N)c1. The predicted octanol–water partition coefficient (Wildman–Crippen LogP) is 6.37. The Balaban J connectivity index is 1.46. The molecule has 0 aliphatic carbocycles. The molecule has 2 heterocycles. The number of hydrogen-bond acceptors (Lipinski definition) is 14. The van der Waals surface area contributed by atoms with Crippen LogP contribution in [0.4, 0.5) is 0 Å². The van der Waals surface area contributed by atoms with E-state index in [1.54, 1.807) is 37.3 Å². The van der Waals surface area contributed by atoms with E-state index in [0.29, 0.717) is 12.2 Å². The van der Waals surface area contributed by atoms with Gasteiger partial charge in [-0.1, -0.05) is 109 Å². The van der Waals surface area contributed by atoms with E-state index < -0.39 is 50.5 Å². The van der Waals surface area contributed by atoms with Gasteiger partial charge in [0.2, 0.25) is 5.60 Å². The van der Waals surface area contributed by atoms with Gasteiger partial charge >= 0.3 is 7.82 Å². The van der Waals surface area contributed by atoms with E-state index in [1.807, 2.05) is 6.07 Å². The summed E-state index contributed by atoms with van der Waals surface area (Å²) in [5, 5.41) is 47.2. The number of phosphoric ester groups is 1. The van der Waals surface area contributed by atoms with E-state index in [4.69, 9.17) is 29.0 Å². The van der Waals surface area contributed by atoms with Crippen molar-refractivity contribution in [2.45, 2.75) is 146 Å². The Morgan fingerprint density at radius 2 is 1.61 bits per heavy atom. The summed E-state index contributed by atoms with van der Waals surface area (Å²) in [7, 11) is -3.64. The second-order valence-electron chi connectivity index (χ2n) is 14.7. The van der Waals surface area contributed by atoms with Gasteiger partial charge in [0.25, 0.3) is 0 Å². The molecule has 2 unspecified atom stereocenters. The number of aliphatic hydroxyl groups is 2. The van der Waals surface area contributed by atoms with Crippen LogP contribution in [-0.4, -0.2) is 95.3 Å². The monoisotopic (exact) mass is 802 g/mol. The lowest BCUT2D eigenvalue weighted by atomic mass is 9.90. The summed E-state index contributed by atoms with van der Waals surface area (Å²) < 4.78 is 40.6. The lowest BCUT2D eigenvalue weighted by Crippen LogP contribution is -2.59. The van der Waals surface area contributed by atoms with Crippen LogP contribution >= 0.6 is 7.82 Å². The zero-order chi connectivity index (χ0) is 40.9. The zero-order valence-electron chi connectivity index (χ0n) is 33.4. The number of rotatable bonds is 30. The fourth-order valence-corrected chi connectivity index (χ4v) is 7.49. The average molecular weight is 803 g/mol. The topological polar surface area (TPSA) is 225 Å². The number of fused-ring (bicyclic) bond motifs is 1. The van der Waals surface area contributed by atoms with Crippen LogP contribution in [0.25, 0.3) is 0 Å². The van der Waals surface area contributed by atoms with Crippen LogP contribution in [0.2, 0.25) is 0 Å². The van der Waals surface area contributed by atoms with Crippen molar-refractivity contribution in [3.63, 3.8) is 0 Å². The third-order valence-corrected chi connectivity index (χ3v) is 11.2. The minimum Gasteiger partial charge on any atom is -0.388 e. The van der Waals surface area contributed by atoms with Gasteiger partial charge < -0.3 is 35.1 Å². The molecule has 1 aromatic carbocycles. The minimum atomic E-state index is -4.82. The Morgan fingerprint density at radius 1 is 0.982 bits per heavy atom. The molecule has 0 aromatic heterocycles. The molecule has 16 heteroatoms. The molecule has 2 aliphatic rings. The van der Waals surface area contributed by atoms with Crippen LogP contribution in [-0.2, 0) is 34.4 Å². The molecule has 15 nitrogen and oxygen atoms in total. The van der Waals surface area contributed by atoms with Crippen molar-refractivity contribution in [2.75, 3.05) is 33.5 Å². The van der Waals surface area contributed by atoms with Crippen molar-refractivity contribution < 1.29 is 42.9 Å². The van der Waals surface area contributed by atoms with Crippen molar-refractivity contribution in [3.05, 3.63) is 47.2 Å². The molecule has 0 radical (unpaired) electrons. The highest BCUT2D eigenvalue weighted by molar-refractivity contribution is 7.47. The van der Waals surface area contributed by atoms with Crippen LogP contribution in [0.15, 0.2) is 46.1 Å². The number of unbranched alkanes of at least 4 members (excludes halogenated alkanes) is 13. The smallest absolute Gasteiger partial charge is 0.388 e. The van der Waals surface area contributed by atoms with E-state index >= 15 is 0 Å². The summed E-state index contributed by atoms with van der Waals surface area (Å²) in [5.41, 5.74) is 4.33. The van der Waals surface area contributed by atoms with Gasteiger partial charge in [-0.15, -0.1) is 0 Å². The normalized spacial score (nSPS) is 20.2. The van der Waals surface area contributed by atoms with Crippen LogP contribution in [0.5, 0.6) is 0 Å². The first-order valence-corrected chi connectivity index (χ1v) is 21.5. The zero-order valence-corrected chi connectivity index (χ0v) is 34.3. The standard InChI is InChI=1S/C40H63N6O9P/c1-4-5-6-7-8-9-10-11-12-13-14-15-16-17-23-52-27-34(53-26-33-20-18-19-32(24-33)25-41)28-54-56(49,50)55-29-35(47)37(48)40(30-42,51-3)36-21-22-39(2)38(43)44-31-45-46(36)39/h18-21,24,31,34-35,37,47-48H,4-17,22-23,26-29H2,1-3H3,(H,49,50)(H2,43,44,45)/t34-,35-,37-,39?,40+/m1/s1. The summed E-state index contributed by atoms with van der Waals surface area (Å²) in [4.78, 5) is 14.6. The summed E-state index contributed by atoms with van der Waals surface area (Å²) in [5.74, 6) is 0.233. The van der Waals surface area contributed by atoms with Crippen LogP contribution in [0.1, 0.15) is 121 Å². The van der Waals surface area contributed by atoms with Gasteiger partial charge in [-0.3, -0.25) is 14.1 Å². The molecule has 0 spiro atoms. The first kappa shape index (κ1) is 47.2. The van der Waals surface area contributed by atoms with Crippen molar-refractivity contribution in [2.24, 2.45) is 15.8 Å². The molecule has 56 heavy (non-hydrogen) atoms. The van der Waals surface area contributed by atoms with E-state index in [1.165, 1.54) is 89.1 Å². The number of ether oxygens (including phenoxy) is 3. The number of hydrogen-bond donors (Lipinski definition) is 4. The second kappa shape index (κ2) is 24.5. The highest BCUT2D eigenvalue weighted by Gasteiger charge is 2.55. The van der Waals surface area contributed by atoms with Gasteiger partial charge in [-0.2, -0.15) is 15.6 Å². The predicted molar refractivity (Wildman–Crippen MR) is 213 cm³/mol. The molecule has 0 amide bonds. The molecule has 0 bridgehead atoms. The highest BCUT2D eigenvalue weighted by Crippen LogP contribution is 2.45. The lowest BCUT2D eigenvalue weighted by molar-refractivity contribution is -0.117. The maximum atomic E-state index is 13.0. The molecule has 5 N–H and O–H groups in total. The van der Waals surface area contributed by atoms with Crippen LogP contribution < -0.4 is 5.73 Å². The Kier molecular flexibility index (Phi) is 20.7. The fraction of sp³-hybridized carbons (Fsp3) is 0.700. The van der Waals surface area contributed by atoms with Gasteiger partial charge in [-0.05, 0) is 37.5 Å². The van der Waals surface area contributed by atoms with Crippen LogP contribution in [0, 0.1) is 22.7 Å². The molecule has 1 aromatic rings. The van der Waals surface area contributed by atoms with Gasteiger partial charge in [0, 0.05) is 13.7 Å². The summed E-state index contributed by atoms with van der Waals surface area (Å²) in [6.45, 7) is 3.35. The molecule has 3 rings (SSSR count). The van der Waals surface area contributed by atoms with E-state index in [2.05, 4.69) is 23.1 Å². The third-order valence-electron chi connectivity index (χ3n) is 10.3. The largest absolute Gasteiger partial charge is 0.472 e. The van der Waals surface area contributed by atoms with Crippen LogP contribution in [0.3, 0.4) is 0 Å². The Morgan fingerprint density at radius 3 is 2.21 bits per heavy atom. The average Bonchev–Trinajstić information content (AvgIpc) is 3.56. The van der Waals surface area contributed by atoms with Crippen molar-refractivity contribution in [1.29, 1.82) is 10.5 Å². The number of hydrazone groups is 1. The highest BCUT2D eigenvalue weighted by atomic mass is 31.2. The molecular formula is C40H63N6O9P. The Bertz CT molecular complexity index is 1560. The maximum Gasteiger partial charge on any atom is 0.472 e. The maximum absolute atomic E-state index is 13.0. The molecule has 0 saturated heterocycles. The number of benzene rings is 1. The van der Waals surface area contributed by atoms with E-state index in [9.17, 15) is 30.2 Å². The summed E-state index contributed by atoms with van der Waals surface area (Å²) in [6.07, 6.45) is 16.0. The van der Waals surface area contributed by atoms with Gasteiger partial charge in [0.05, 0.1) is 43.8 Å². The number of nitriles is 2. The van der Waals surface area contributed by atoms with E-state index in [-0.39, 0.29) is 31.2 Å². The molecular weight excluding hydrogens is 739 g/mol. The molecule has 2 aliphatic heterocycles. The summed E-state index contributed by atoms with van der Waals surface area (Å²) >= 11 is 0. The first-order chi connectivity index (χ1) is 27.0. The quantitative estimate of drug-likeness (QED) is 0.0491. The number of nitrogens with zero attached hydrogens (tertiary/aromatic N) is 5. The lowest BCUT2D eigenvalue weighted by Gasteiger charge is -2.42. The summed E-state index contributed by atoms with van der Waals surface area (Å²) in [6, 6.07) is 10.9. The molecule has 0 fully saturated rings. The fourth-order valence-electron chi connectivity index (χ4n) is 6.72. The Hall–Kier alpha value is -3.21. The number of aliphatic imine (C=N–C) groups is 1. The number of nitrogens with two attached hydrogens (primary N) is 1. The Labute approximate surface area is 332 Å². The molecule has 6 atom stereocenters. The number of amidine groups is 1. The third kappa shape index (κ3) is 14.3. The first-order valence-electron chi connectivity index (χ1n) is 20.0. The van der Waals surface area contributed by atoms with Crippen molar-refractivity contribution >= 4 is 20.0 Å². The number of phosphoric acid groups is 1. The van der Waals surface area contributed by atoms with Crippen molar-refractivity contribution in [1.82, 2.24) is 5.01 Å². The van der Waals surface area contributed by atoms with Gasteiger partial charge in [0.15, 0.2) is 0 Å². The number of aliphatic hydroxyl groups excluding tert-OH is 2. The van der Waals surface area contributed by atoms with Gasteiger partial charge in [0.1, 0.15) is 42.1 Å². The van der Waals surface area contributed by atoms with Crippen molar-refractivity contribution in [3.8, 4) is 12.1 Å². The second-order valence-corrected chi connectivity index (χ2v) is 16.1. The minimum absolute atomic E-state index is 0.0679. The van der Waals surface area contributed by atoms with Gasteiger partial charge in [-0.25, -0.2) is 9.56 Å². The molecule has 0 saturated carbocycles. The molecule has 312 valence electrons. The van der Waals surface area contributed by atoms with E-state index in [0.717, 1.165) is 24.8 Å².